The number of benzene rings is 4. The normalized spacial score (nSPS) is 12.6. The molecule has 1 aliphatic heterocycles. The lowest BCUT2D eigenvalue weighted by molar-refractivity contribution is -0.575. The maximum Gasteiger partial charge on any atom is 0.189 e. The van der Waals surface area contributed by atoms with Gasteiger partial charge < -0.3 is 21.7 Å². The first-order valence-corrected chi connectivity index (χ1v) is 9.00. The number of anilines is 3. The van der Waals surface area contributed by atoms with Crippen LogP contribution in [-0.4, -0.2) is 7.11 Å². The van der Waals surface area contributed by atoms with E-state index < -0.39 is 0 Å². The first kappa shape index (κ1) is 18.3. The Morgan fingerprint density at radius 2 is 1.43 bits per heavy atom. The number of hydrogen-bond acceptors (Lipinski definition) is 3. The van der Waals surface area contributed by atoms with Crippen LogP contribution >= 0.6 is 0 Å². The lowest BCUT2D eigenvalue weighted by Gasteiger charge is -2.27. The fourth-order valence-corrected chi connectivity index (χ4v) is 3.66. The highest BCUT2D eigenvalue weighted by Gasteiger charge is 2.34. The molecule has 2 N–H and O–H groups in total. The number of methoxy groups -OCH3 is 1. The minimum Gasteiger partial charge on any atom is -1.00 e. The van der Waals surface area contributed by atoms with Gasteiger partial charge in [0, 0.05) is 5.39 Å². The predicted octanol–water partition coefficient (Wildman–Crippen LogP) is 1.54. The number of quaternary nitrogens is 1. The Kier molecular flexibility index (Phi) is 4.94. The SMILES string of the molecule is COc1ccc(N2[NH2+]c3c(ccc4ccccc34)N2c2ccccc2)cc1.[Br-]. The number of rotatable bonds is 3. The van der Waals surface area contributed by atoms with Crippen LogP contribution in [0.4, 0.5) is 22.7 Å². The van der Waals surface area contributed by atoms with Gasteiger partial charge in [-0.25, -0.2) is 5.01 Å². The lowest BCUT2D eigenvalue weighted by atomic mass is 10.1. The molecule has 0 bridgehead atoms. The van der Waals surface area contributed by atoms with Gasteiger partial charge in [-0.05, 0) is 53.9 Å². The van der Waals surface area contributed by atoms with Crippen molar-refractivity contribution in [3.05, 3.63) is 91.0 Å². The van der Waals surface area contributed by atoms with Crippen molar-refractivity contribution < 1.29 is 27.1 Å². The lowest BCUT2D eigenvalue weighted by Crippen LogP contribution is -3.00. The molecule has 0 radical (unpaired) electrons. The van der Waals surface area contributed by atoms with E-state index in [1.165, 1.54) is 22.1 Å². The highest BCUT2D eigenvalue weighted by atomic mass is 79.9. The molecule has 1 heterocycles. The van der Waals surface area contributed by atoms with E-state index in [1.807, 2.05) is 18.2 Å². The van der Waals surface area contributed by atoms with Crippen molar-refractivity contribution >= 4 is 33.5 Å². The molecule has 4 aromatic carbocycles. The summed E-state index contributed by atoms with van der Waals surface area (Å²) >= 11 is 0. The monoisotopic (exact) mass is 433 g/mol. The number of para-hydroxylation sites is 1. The van der Waals surface area contributed by atoms with Crippen molar-refractivity contribution in [1.29, 1.82) is 0 Å². The van der Waals surface area contributed by atoms with Crippen LogP contribution in [0.5, 0.6) is 5.75 Å². The molecule has 0 fully saturated rings. The summed E-state index contributed by atoms with van der Waals surface area (Å²) in [6, 6.07) is 31.5. The van der Waals surface area contributed by atoms with E-state index >= 15 is 0 Å². The Morgan fingerprint density at radius 1 is 0.714 bits per heavy atom. The molecular weight excluding hydrogens is 414 g/mol. The number of nitrogens with zero attached hydrogens (tertiary/aromatic N) is 2. The van der Waals surface area contributed by atoms with Crippen LogP contribution < -0.4 is 37.3 Å². The molecule has 1 aliphatic rings. The summed E-state index contributed by atoms with van der Waals surface area (Å²) in [5.74, 6) is 0.854. The van der Waals surface area contributed by atoms with Crippen molar-refractivity contribution in [1.82, 2.24) is 0 Å². The highest BCUT2D eigenvalue weighted by Crippen LogP contribution is 2.40. The highest BCUT2D eigenvalue weighted by molar-refractivity contribution is 5.99. The Morgan fingerprint density at radius 3 is 2.18 bits per heavy atom. The van der Waals surface area contributed by atoms with E-state index in [-0.39, 0.29) is 17.0 Å². The number of nitrogens with two attached hydrogens (primary N) is 1. The van der Waals surface area contributed by atoms with Crippen molar-refractivity contribution in [2.75, 3.05) is 17.2 Å². The van der Waals surface area contributed by atoms with Gasteiger partial charge in [-0.1, -0.05) is 42.5 Å². The summed E-state index contributed by atoms with van der Waals surface area (Å²) in [7, 11) is 1.69. The molecule has 28 heavy (non-hydrogen) atoms. The average molecular weight is 434 g/mol. The second-order valence-corrected chi connectivity index (χ2v) is 6.54. The minimum atomic E-state index is 0. The first-order chi connectivity index (χ1) is 13.3. The van der Waals surface area contributed by atoms with Crippen molar-refractivity contribution in [3.63, 3.8) is 0 Å². The molecule has 0 atom stereocenters. The van der Waals surface area contributed by atoms with Crippen molar-refractivity contribution in [2.24, 2.45) is 0 Å². The van der Waals surface area contributed by atoms with E-state index in [0.717, 1.165) is 17.1 Å². The maximum absolute atomic E-state index is 5.32. The smallest absolute Gasteiger partial charge is 0.189 e. The third kappa shape index (κ3) is 2.99. The van der Waals surface area contributed by atoms with Crippen LogP contribution in [-0.2, 0) is 0 Å². The van der Waals surface area contributed by atoms with Crippen LogP contribution in [0.25, 0.3) is 10.8 Å². The summed E-state index contributed by atoms with van der Waals surface area (Å²) in [5, 5.41) is 6.96. The zero-order valence-electron chi connectivity index (χ0n) is 15.4. The molecular formula is C23H20BrN3O. The fraction of sp³-hybridized carbons (Fsp3) is 0.0435. The first-order valence-electron chi connectivity index (χ1n) is 9.00. The largest absolute Gasteiger partial charge is 1.00 e. The second kappa shape index (κ2) is 7.54. The molecule has 4 aromatic rings. The van der Waals surface area contributed by atoms with Gasteiger partial charge in [0.1, 0.15) is 17.1 Å². The molecule has 5 rings (SSSR count). The van der Waals surface area contributed by atoms with Crippen LogP contribution in [0.2, 0.25) is 0 Å². The molecule has 0 saturated carbocycles. The molecule has 140 valence electrons. The summed E-state index contributed by atoms with van der Waals surface area (Å²) in [6.45, 7) is 0. The number of hydrazine groups is 1. The number of ether oxygens (including phenoxy) is 1. The van der Waals surface area contributed by atoms with Gasteiger partial charge in [0.05, 0.1) is 12.8 Å². The molecule has 0 amide bonds. The molecule has 5 heteroatoms. The third-order valence-electron chi connectivity index (χ3n) is 4.98. The third-order valence-corrected chi connectivity index (χ3v) is 4.98. The molecule has 0 aliphatic carbocycles. The van der Waals surface area contributed by atoms with Gasteiger partial charge in [0.15, 0.2) is 5.69 Å². The average Bonchev–Trinajstić information content (AvgIpc) is 3.14. The minimum absolute atomic E-state index is 0. The van der Waals surface area contributed by atoms with E-state index in [4.69, 9.17) is 4.74 Å². The summed E-state index contributed by atoms with van der Waals surface area (Å²) in [4.78, 5) is 0. The Labute approximate surface area is 174 Å². The fourth-order valence-electron chi connectivity index (χ4n) is 3.66. The maximum atomic E-state index is 5.32. The second-order valence-electron chi connectivity index (χ2n) is 6.54. The van der Waals surface area contributed by atoms with E-state index in [2.05, 4.69) is 88.3 Å². The van der Waals surface area contributed by atoms with Gasteiger partial charge in [-0.15, -0.1) is 5.12 Å². The Balaban J connectivity index is 0.00000192. The van der Waals surface area contributed by atoms with Crippen LogP contribution in [0.15, 0.2) is 91.0 Å². The zero-order chi connectivity index (χ0) is 18.2. The van der Waals surface area contributed by atoms with Crippen molar-refractivity contribution in [2.45, 2.75) is 0 Å². The van der Waals surface area contributed by atoms with Gasteiger partial charge >= 0.3 is 0 Å². The molecule has 0 saturated heterocycles. The van der Waals surface area contributed by atoms with Crippen LogP contribution in [0.3, 0.4) is 0 Å². The number of fused-ring (bicyclic) bond motifs is 3. The van der Waals surface area contributed by atoms with E-state index in [1.54, 1.807) is 7.11 Å². The van der Waals surface area contributed by atoms with Crippen LogP contribution in [0.1, 0.15) is 0 Å². The van der Waals surface area contributed by atoms with E-state index in [0.29, 0.717) is 0 Å². The summed E-state index contributed by atoms with van der Waals surface area (Å²) in [5.41, 5.74) is 6.83. The quantitative estimate of drug-likeness (QED) is 0.392. The molecule has 0 aromatic heterocycles. The Hall–Kier alpha value is -3.02. The predicted molar refractivity (Wildman–Crippen MR) is 110 cm³/mol. The topological polar surface area (TPSA) is 32.3 Å². The standard InChI is InChI=1S/C23H19N3O.BrH/c1-27-20-14-12-19(13-15-20)26-24-23-21-10-6-5-7-17(21)11-16-22(23)25(26)18-8-3-2-4-9-18;/h2-16,24H,1H3;1H. The number of hydrogen-bond donors (Lipinski definition) is 1. The van der Waals surface area contributed by atoms with Gasteiger partial charge in [0.25, 0.3) is 0 Å². The van der Waals surface area contributed by atoms with E-state index in [9.17, 15) is 0 Å². The molecule has 0 spiro atoms. The van der Waals surface area contributed by atoms with Crippen molar-refractivity contribution in [3.8, 4) is 5.75 Å². The zero-order valence-corrected chi connectivity index (χ0v) is 17.0. The van der Waals surface area contributed by atoms with Gasteiger partial charge in [-0.2, -0.15) is 5.43 Å². The number of halogens is 1. The summed E-state index contributed by atoms with van der Waals surface area (Å²) < 4.78 is 5.32. The Bertz CT molecular complexity index is 1100. The molecule has 0 unspecified atom stereocenters. The van der Waals surface area contributed by atoms with Gasteiger partial charge in [-0.3, -0.25) is 0 Å². The summed E-state index contributed by atoms with van der Waals surface area (Å²) in [6.07, 6.45) is 0. The van der Waals surface area contributed by atoms with Gasteiger partial charge in [0.2, 0.25) is 0 Å². The molecule has 4 nitrogen and oxygen atoms in total. The van der Waals surface area contributed by atoms with Crippen LogP contribution in [0, 0.1) is 0 Å².